The van der Waals surface area contributed by atoms with Crippen LogP contribution in [0.5, 0.6) is 0 Å². The number of benzene rings is 4. The topological polar surface area (TPSA) is 228 Å². The lowest BCUT2D eigenvalue weighted by molar-refractivity contribution is -0.159. The maximum absolute atomic E-state index is 14.1. The fourth-order valence-corrected chi connectivity index (χ4v) is 8.58. The summed E-state index contributed by atoms with van der Waals surface area (Å²) in [6, 6.07) is 15.7. The zero-order chi connectivity index (χ0) is 64.5. The first-order valence-electron chi connectivity index (χ1n) is 25.3. The normalized spacial score (nSPS) is 12.8. The van der Waals surface area contributed by atoms with Crippen molar-refractivity contribution >= 4 is 128 Å². The average molecular weight is 1310 g/mol. The molecule has 84 heavy (non-hydrogen) atoms. The minimum Gasteiger partial charge on any atom is -0.467 e. The van der Waals surface area contributed by atoms with Gasteiger partial charge in [0.1, 0.15) is 7.38 Å². The first-order chi connectivity index (χ1) is 37.4. The van der Waals surface area contributed by atoms with Crippen LogP contribution in [0.15, 0.2) is 48.5 Å². The van der Waals surface area contributed by atoms with Gasteiger partial charge in [0.2, 0.25) is 0 Å². The van der Waals surface area contributed by atoms with E-state index in [-0.39, 0.29) is 71.5 Å². The van der Waals surface area contributed by atoms with Gasteiger partial charge in [-0.3, -0.25) is 29.3 Å². The number of hydroxylamine groups is 4. The number of carbonyl (C=O) groups is 6. The van der Waals surface area contributed by atoms with Gasteiger partial charge in [-0.25, -0.2) is 14.0 Å². The van der Waals surface area contributed by atoms with E-state index in [4.69, 9.17) is 42.7 Å². The smallest absolute Gasteiger partial charge is 0.467 e. The highest BCUT2D eigenvalue weighted by atomic mass is 35.6. The molecule has 473 valence electrons. The maximum atomic E-state index is 14.1. The largest absolute Gasteiger partial charge is 0.476 e. The van der Waals surface area contributed by atoms with Gasteiger partial charge in [0.15, 0.2) is 6.67 Å². The van der Waals surface area contributed by atoms with Crippen LogP contribution in [-0.4, -0.2) is 139 Å². The molecule has 0 saturated heterocycles. The highest BCUT2D eigenvalue weighted by Crippen LogP contribution is 2.40. The second-order valence-corrected chi connectivity index (χ2v) is 31.3. The Morgan fingerprint density at radius 1 is 0.667 bits per heavy atom. The van der Waals surface area contributed by atoms with Crippen LogP contribution in [-0.2, 0) is 44.1 Å². The van der Waals surface area contributed by atoms with Crippen LogP contribution in [0.4, 0.5) is 20.9 Å². The van der Waals surface area contributed by atoms with Gasteiger partial charge >= 0.3 is 37.9 Å². The third-order valence-electron chi connectivity index (χ3n) is 11.5. The van der Waals surface area contributed by atoms with Gasteiger partial charge in [0.05, 0.1) is 41.8 Å². The van der Waals surface area contributed by atoms with Crippen molar-refractivity contribution in [2.45, 2.75) is 158 Å². The van der Waals surface area contributed by atoms with Gasteiger partial charge < -0.3 is 9.47 Å². The van der Waals surface area contributed by atoms with Crippen LogP contribution in [0.3, 0.4) is 0 Å². The molecule has 0 spiro atoms. The first kappa shape index (κ1) is 83.4. The lowest BCUT2D eigenvalue weighted by Gasteiger charge is -2.29. The molecular formula is C55H79BCl3F5N3O14S2Si. The molecule has 17 nitrogen and oxygen atoms in total. The summed E-state index contributed by atoms with van der Waals surface area (Å²) in [4.78, 5) is 74.3. The molecule has 0 bridgehead atoms. The molecule has 29 heteroatoms. The molecule has 4 aromatic rings. The van der Waals surface area contributed by atoms with Gasteiger partial charge in [0, 0.05) is 31.3 Å². The summed E-state index contributed by atoms with van der Waals surface area (Å²) < 4.78 is 112. The molecule has 0 saturated carbocycles. The summed E-state index contributed by atoms with van der Waals surface area (Å²) in [6.07, 6.45) is 0. The third kappa shape index (κ3) is 23.8. The lowest BCUT2D eigenvalue weighted by atomic mass is 9.85. The minimum atomic E-state index is -6.09. The number of methoxy groups -OCH3 is 2. The lowest BCUT2D eigenvalue weighted by Crippen LogP contribution is -2.48. The van der Waals surface area contributed by atoms with Gasteiger partial charge in [-0.05, 0) is 103 Å². The quantitative estimate of drug-likeness (QED) is 0.0203. The number of esters is 2. The van der Waals surface area contributed by atoms with Crippen molar-refractivity contribution in [1.29, 1.82) is 0 Å². The van der Waals surface area contributed by atoms with Crippen molar-refractivity contribution < 1.29 is 85.5 Å². The van der Waals surface area contributed by atoms with Gasteiger partial charge in [-0.2, -0.15) is 36.7 Å². The van der Waals surface area contributed by atoms with Gasteiger partial charge in [-0.1, -0.05) is 134 Å². The van der Waals surface area contributed by atoms with Crippen LogP contribution in [0.2, 0.25) is 19.6 Å². The number of ether oxygens (including phenoxy) is 2. The molecule has 1 N–H and O–H groups in total. The molecule has 2 aliphatic rings. The van der Waals surface area contributed by atoms with E-state index in [0.29, 0.717) is 52.2 Å². The molecular weight excluding hydrogens is 1230 g/mol. The maximum Gasteiger partial charge on any atom is 0.476 e. The molecule has 0 aliphatic carbocycles. The van der Waals surface area contributed by atoms with E-state index in [2.05, 4.69) is 72.9 Å². The van der Waals surface area contributed by atoms with E-state index in [0.717, 1.165) is 30.2 Å². The van der Waals surface area contributed by atoms with E-state index >= 15 is 0 Å². The summed E-state index contributed by atoms with van der Waals surface area (Å²) in [5, 5.41) is 7.35. The van der Waals surface area contributed by atoms with E-state index in [1.54, 1.807) is 38.1 Å². The van der Waals surface area contributed by atoms with Crippen molar-refractivity contribution in [2.24, 2.45) is 0 Å². The third-order valence-corrected chi connectivity index (χ3v) is 12.6. The number of imide groups is 2. The Hall–Kier alpha value is -4.80. The number of halogens is 8. The molecule has 0 unspecified atom stereocenters. The molecule has 2 aliphatic heterocycles. The molecule has 2 heterocycles. The van der Waals surface area contributed by atoms with E-state index in [9.17, 15) is 63.3 Å². The predicted molar refractivity (Wildman–Crippen MR) is 324 cm³/mol. The Bertz CT molecular complexity index is 3110. The van der Waals surface area contributed by atoms with Crippen molar-refractivity contribution in [1.82, 2.24) is 15.0 Å². The summed E-state index contributed by atoms with van der Waals surface area (Å²) in [7, 11) is -11.2. The van der Waals surface area contributed by atoms with Crippen LogP contribution in [0.25, 0.3) is 21.5 Å². The second kappa shape index (κ2) is 35.7. The Labute approximate surface area is 509 Å². The second-order valence-electron chi connectivity index (χ2n) is 20.6. The van der Waals surface area contributed by atoms with Crippen LogP contribution < -0.4 is 0 Å². The SMILES string of the molecule is C.CC(C)c1cc2c3c(c(C(C)C)ccc3c1)C(=O)N(O)C2=O.CCN(C(C)C)C(C)C.COC(=O)C(F)(F)S(=O)(=O)ON1C(=O)c2cc(C(C)C)cc3ccc(C(C)C)c(c23)C1=O.COC(=O)CF.C[Si](C)(C)Cl.ClCCl.O=S(=O)(F)F.[B]. The molecule has 0 fully saturated rings. The van der Waals surface area contributed by atoms with Crippen LogP contribution in [0.1, 0.15) is 185 Å². The molecule has 0 atom stereocenters. The Kier molecular flexibility index (Phi) is 35.5. The molecule has 3 radical (unpaired) electrons. The summed E-state index contributed by atoms with van der Waals surface area (Å²) >= 11 is 15.2. The fourth-order valence-electron chi connectivity index (χ4n) is 7.87. The Morgan fingerprint density at radius 2 is 1.01 bits per heavy atom. The number of carbonyl (C=O) groups excluding carboxylic acids is 6. The van der Waals surface area contributed by atoms with Crippen molar-refractivity contribution in [3.63, 3.8) is 0 Å². The summed E-state index contributed by atoms with van der Waals surface area (Å²) in [5.41, 5.74) is 3.80. The van der Waals surface area contributed by atoms with Gasteiger partial charge in [-0.15, -0.1) is 37.6 Å². The first-order valence-corrected chi connectivity index (χ1v) is 33.6. The Balaban J connectivity index is -0.00000108. The van der Waals surface area contributed by atoms with Crippen molar-refractivity contribution in [3.05, 3.63) is 93.0 Å². The van der Waals surface area contributed by atoms with E-state index in [1.165, 1.54) is 6.07 Å². The fraction of sp³-hybridized carbons (Fsp3) is 0.527. The molecule has 0 aromatic heterocycles. The summed E-state index contributed by atoms with van der Waals surface area (Å²) in [6.45, 7) is 32.9. The zero-order valence-electron chi connectivity index (χ0n) is 49.7. The predicted octanol–water partition coefficient (Wildman–Crippen LogP) is 13.9. The van der Waals surface area contributed by atoms with Crippen molar-refractivity contribution in [3.8, 4) is 0 Å². The molecule has 4 aromatic carbocycles. The van der Waals surface area contributed by atoms with E-state index in [1.807, 2.05) is 59.7 Å². The number of hydrogen-bond acceptors (Lipinski definition) is 15. The minimum absolute atomic E-state index is 0. The monoisotopic (exact) mass is 1310 g/mol. The van der Waals surface area contributed by atoms with Crippen LogP contribution in [0, 0.1) is 0 Å². The number of alkyl halides is 5. The highest BCUT2D eigenvalue weighted by molar-refractivity contribution is 7.88. The zero-order valence-corrected chi connectivity index (χ0v) is 54.6. The summed E-state index contributed by atoms with van der Waals surface area (Å²) in [5.74, 6) is -6.85. The number of rotatable bonds is 12. The highest BCUT2D eigenvalue weighted by Gasteiger charge is 2.58. The molecule has 4 amide bonds. The number of nitrogens with zero attached hydrogens (tertiary/aromatic N) is 3. The van der Waals surface area contributed by atoms with E-state index < -0.39 is 75.6 Å². The van der Waals surface area contributed by atoms with Crippen molar-refractivity contribution in [2.75, 3.05) is 32.8 Å². The standard InChI is InChI=1S/C21H21F2NO7S.C18H19NO3.C8H19N.C3H9ClSi.C3H5FO2.CH2Cl2.CH4.B.F2O2S/c1-10(2)13-8-12-6-7-14(11(3)4)17-16(12)15(9-13)18(25)24(19(17)26)31-32(28,29)21(22,23)20(27)30-5;1-9(2)12-7-11-5-6-13(10(3)4)16-15(11)14(8-12)17(20)19(22)18(16)21;1-6-9(7(2)3)8(4)5;1-5(2,3)4;1-6-3(5)2-4;2-1-3;;;1-5(2,3)4/h6-11H,1-5H3;5-10,22H,1-4H3;7-8H,6H2,1-5H3;1-3H3;2H2,1H3;1H2;1H4;;. The number of amides is 4. The van der Waals surface area contributed by atoms with Crippen LogP contribution >= 0.6 is 34.3 Å². The average Bonchev–Trinajstić information content (AvgIpc) is 3.03. The number of hydrogen-bond donors (Lipinski definition) is 1. The Morgan fingerprint density at radius 3 is 1.27 bits per heavy atom. The molecule has 6 rings (SSSR count). The van der Waals surface area contributed by atoms with Gasteiger partial charge in [0.25, 0.3) is 23.6 Å².